The first-order valence-corrected chi connectivity index (χ1v) is 6.69. The minimum absolute atomic E-state index is 0.404. The summed E-state index contributed by atoms with van der Waals surface area (Å²) in [5.74, 6) is 0.807. The molecule has 1 aromatic heterocycles. The summed E-state index contributed by atoms with van der Waals surface area (Å²) in [4.78, 5) is 4.53. The van der Waals surface area contributed by atoms with E-state index in [1.807, 2.05) is 0 Å². The second kappa shape index (κ2) is 6.01. The Bertz CT molecular complexity index is 361. The number of rotatable bonds is 6. The van der Waals surface area contributed by atoms with Gasteiger partial charge in [0.25, 0.3) is 0 Å². The largest absolute Gasteiger partial charge is 0.474 e. The summed E-state index contributed by atoms with van der Waals surface area (Å²) < 4.78 is 5.87. The second-order valence-corrected chi connectivity index (χ2v) is 4.61. The van der Waals surface area contributed by atoms with Gasteiger partial charge in [-0.2, -0.15) is 0 Å². The molecule has 0 aromatic carbocycles. The highest BCUT2D eigenvalue weighted by atomic mass is 16.5. The summed E-state index contributed by atoms with van der Waals surface area (Å²) in [5.41, 5.74) is 2.39. The van der Waals surface area contributed by atoms with E-state index in [0.717, 1.165) is 31.1 Å². The molecule has 1 fully saturated rings. The van der Waals surface area contributed by atoms with Gasteiger partial charge in [0.05, 0.1) is 0 Å². The topological polar surface area (TPSA) is 34.2 Å². The highest BCUT2D eigenvalue weighted by Gasteiger charge is 2.19. The van der Waals surface area contributed by atoms with Crippen molar-refractivity contribution < 1.29 is 4.74 Å². The molecule has 2 rings (SSSR count). The molecule has 1 aliphatic rings. The maximum Gasteiger partial charge on any atom is 0.214 e. The molecule has 1 saturated carbocycles. The van der Waals surface area contributed by atoms with Crippen LogP contribution in [0.3, 0.4) is 0 Å². The summed E-state index contributed by atoms with van der Waals surface area (Å²) in [6.07, 6.45) is 5.02. The van der Waals surface area contributed by atoms with E-state index in [4.69, 9.17) is 4.74 Å². The van der Waals surface area contributed by atoms with E-state index in [1.165, 1.54) is 24.8 Å². The lowest BCUT2D eigenvalue weighted by Crippen LogP contribution is -2.25. The van der Waals surface area contributed by atoms with Crippen molar-refractivity contribution in [3.63, 3.8) is 0 Å². The van der Waals surface area contributed by atoms with Gasteiger partial charge in [0.1, 0.15) is 6.10 Å². The average Bonchev–Trinajstić information content (AvgIpc) is 2.31. The first-order valence-electron chi connectivity index (χ1n) is 6.69. The zero-order valence-corrected chi connectivity index (χ0v) is 10.8. The molecule has 1 heterocycles. The summed E-state index contributed by atoms with van der Waals surface area (Å²) in [6, 6.07) is 4.23. The van der Waals surface area contributed by atoms with Gasteiger partial charge in [-0.05, 0) is 43.9 Å². The molecule has 94 valence electrons. The van der Waals surface area contributed by atoms with Crippen molar-refractivity contribution >= 4 is 0 Å². The van der Waals surface area contributed by atoms with Gasteiger partial charge in [-0.1, -0.05) is 13.8 Å². The van der Waals surface area contributed by atoms with Crippen LogP contribution in [0.2, 0.25) is 0 Å². The van der Waals surface area contributed by atoms with Crippen LogP contribution in [0.15, 0.2) is 12.1 Å². The number of aromatic nitrogens is 1. The third-order valence-corrected chi connectivity index (χ3v) is 3.20. The molecule has 1 aliphatic carbocycles. The fourth-order valence-electron chi connectivity index (χ4n) is 1.89. The van der Waals surface area contributed by atoms with Gasteiger partial charge in [0.15, 0.2) is 0 Å². The minimum Gasteiger partial charge on any atom is -0.474 e. The number of pyridine rings is 1. The van der Waals surface area contributed by atoms with E-state index < -0.39 is 0 Å². The first kappa shape index (κ1) is 12.4. The van der Waals surface area contributed by atoms with E-state index >= 15 is 0 Å². The van der Waals surface area contributed by atoms with E-state index in [1.54, 1.807) is 0 Å². The highest BCUT2D eigenvalue weighted by molar-refractivity contribution is 5.25. The number of nitrogens with one attached hydrogen (secondary N) is 1. The van der Waals surface area contributed by atoms with Crippen LogP contribution in [0.25, 0.3) is 0 Å². The van der Waals surface area contributed by atoms with Crippen molar-refractivity contribution in [2.45, 2.75) is 52.2 Å². The van der Waals surface area contributed by atoms with E-state index in [9.17, 15) is 0 Å². The summed E-state index contributed by atoms with van der Waals surface area (Å²) in [6.45, 7) is 6.13. The Labute approximate surface area is 104 Å². The normalized spacial score (nSPS) is 15.6. The Morgan fingerprint density at radius 2 is 2.18 bits per heavy atom. The Kier molecular flexibility index (Phi) is 4.37. The van der Waals surface area contributed by atoms with Crippen LogP contribution in [-0.4, -0.2) is 17.6 Å². The molecular formula is C14H22N2O. The van der Waals surface area contributed by atoms with Gasteiger partial charge >= 0.3 is 0 Å². The molecule has 0 saturated heterocycles. The van der Waals surface area contributed by atoms with Crippen LogP contribution in [0.4, 0.5) is 0 Å². The molecule has 3 heteroatoms. The van der Waals surface area contributed by atoms with E-state index in [-0.39, 0.29) is 0 Å². The molecule has 0 aliphatic heterocycles. The van der Waals surface area contributed by atoms with Crippen LogP contribution in [0, 0.1) is 0 Å². The van der Waals surface area contributed by atoms with Gasteiger partial charge in [-0.3, -0.25) is 0 Å². The number of nitrogens with zero attached hydrogens (tertiary/aromatic N) is 1. The quantitative estimate of drug-likeness (QED) is 0.821. The van der Waals surface area contributed by atoms with Crippen molar-refractivity contribution in [2.75, 3.05) is 6.54 Å². The molecule has 1 N–H and O–H groups in total. The predicted molar refractivity (Wildman–Crippen MR) is 69.3 cm³/mol. The summed E-state index contributed by atoms with van der Waals surface area (Å²) in [7, 11) is 0. The second-order valence-electron chi connectivity index (χ2n) is 4.61. The summed E-state index contributed by atoms with van der Waals surface area (Å²) >= 11 is 0. The lowest BCUT2D eigenvalue weighted by atomic mass is 9.96. The molecule has 17 heavy (non-hydrogen) atoms. The Morgan fingerprint density at radius 1 is 1.35 bits per heavy atom. The maximum absolute atomic E-state index is 5.87. The van der Waals surface area contributed by atoms with Crippen LogP contribution >= 0.6 is 0 Å². The lowest BCUT2D eigenvalue weighted by Gasteiger charge is -2.26. The molecule has 3 nitrogen and oxygen atoms in total. The Morgan fingerprint density at radius 3 is 2.76 bits per heavy atom. The molecule has 0 amide bonds. The Balaban J connectivity index is 2.06. The smallest absolute Gasteiger partial charge is 0.214 e. The number of ether oxygens (including phenoxy) is 1. The van der Waals surface area contributed by atoms with Crippen LogP contribution in [0.5, 0.6) is 5.88 Å². The highest BCUT2D eigenvalue weighted by Crippen LogP contribution is 2.24. The predicted octanol–water partition coefficient (Wildman–Crippen LogP) is 2.68. The molecule has 0 bridgehead atoms. The number of aryl methyl sites for hydroxylation is 1. The van der Waals surface area contributed by atoms with Crippen molar-refractivity contribution in [1.29, 1.82) is 0 Å². The molecule has 1 aromatic rings. The standard InChI is InChI=1S/C14H22N2O/c1-3-12-8-11(10-15-4-2)9-14(16-12)17-13-6-5-7-13/h8-9,13,15H,3-7,10H2,1-2H3. The lowest BCUT2D eigenvalue weighted by molar-refractivity contribution is 0.114. The van der Waals surface area contributed by atoms with Crippen LogP contribution < -0.4 is 10.1 Å². The SMILES string of the molecule is CCNCc1cc(CC)nc(OC2CCC2)c1. The molecule has 0 radical (unpaired) electrons. The van der Waals surface area contributed by atoms with Gasteiger partial charge < -0.3 is 10.1 Å². The van der Waals surface area contributed by atoms with Crippen molar-refractivity contribution in [2.24, 2.45) is 0 Å². The van der Waals surface area contributed by atoms with Crippen LogP contribution in [-0.2, 0) is 13.0 Å². The number of hydrogen-bond donors (Lipinski definition) is 1. The van der Waals surface area contributed by atoms with Gasteiger partial charge in [0.2, 0.25) is 5.88 Å². The van der Waals surface area contributed by atoms with Crippen molar-refractivity contribution in [3.05, 3.63) is 23.4 Å². The van der Waals surface area contributed by atoms with Crippen molar-refractivity contribution in [1.82, 2.24) is 10.3 Å². The average molecular weight is 234 g/mol. The molecule has 0 spiro atoms. The number of hydrogen-bond acceptors (Lipinski definition) is 3. The minimum atomic E-state index is 0.404. The molecular weight excluding hydrogens is 212 g/mol. The third-order valence-electron chi connectivity index (χ3n) is 3.20. The van der Waals surface area contributed by atoms with Gasteiger partial charge in [-0.25, -0.2) is 4.98 Å². The third kappa shape index (κ3) is 3.43. The van der Waals surface area contributed by atoms with Crippen molar-refractivity contribution in [3.8, 4) is 5.88 Å². The van der Waals surface area contributed by atoms with E-state index in [0.29, 0.717) is 6.10 Å². The van der Waals surface area contributed by atoms with Gasteiger partial charge in [0, 0.05) is 18.3 Å². The maximum atomic E-state index is 5.87. The zero-order valence-electron chi connectivity index (χ0n) is 10.8. The fraction of sp³-hybridized carbons (Fsp3) is 0.643. The zero-order chi connectivity index (χ0) is 12.1. The summed E-state index contributed by atoms with van der Waals surface area (Å²) in [5, 5.41) is 3.34. The first-order chi connectivity index (χ1) is 8.31. The molecule has 0 unspecified atom stereocenters. The van der Waals surface area contributed by atoms with Crippen LogP contribution in [0.1, 0.15) is 44.4 Å². The van der Waals surface area contributed by atoms with Gasteiger partial charge in [-0.15, -0.1) is 0 Å². The molecule has 0 atom stereocenters. The monoisotopic (exact) mass is 234 g/mol. The fourth-order valence-corrected chi connectivity index (χ4v) is 1.89. The van der Waals surface area contributed by atoms with E-state index in [2.05, 4.69) is 36.3 Å². The Hall–Kier alpha value is -1.09.